The van der Waals surface area contributed by atoms with Crippen LogP contribution in [0.15, 0.2) is 76.1 Å². The standard InChI is InChI=1S/C20H12ClNO3S/c21-14-8-6-13(7-9-14)17-11-10-16(25-17)12-18-19(23)22(20(24)26-18)15-4-2-1-3-5-15/h1-12H. The van der Waals surface area contributed by atoms with Crippen LogP contribution in [0.5, 0.6) is 0 Å². The predicted octanol–water partition coefficient (Wildman–Crippen LogP) is 5.84. The van der Waals surface area contributed by atoms with E-state index in [1.807, 2.05) is 24.3 Å². The number of furan rings is 1. The molecule has 1 aromatic heterocycles. The molecular weight excluding hydrogens is 370 g/mol. The maximum absolute atomic E-state index is 12.6. The number of hydrogen-bond acceptors (Lipinski definition) is 4. The van der Waals surface area contributed by atoms with Crippen LogP contribution < -0.4 is 4.90 Å². The van der Waals surface area contributed by atoms with Crippen molar-refractivity contribution >= 4 is 46.3 Å². The number of carbonyl (C=O) groups is 2. The first-order chi connectivity index (χ1) is 12.6. The number of halogens is 1. The SMILES string of the molecule is O=C1SC(=Cc2ccc(-c3ccc(Cl)cc3)o2)C(=O)N1c1ccccc1. The number of carbonyl (C=O) groups excluding carboxylic acids is 2. The van der Waals surface area contributed by atoms with E-state index in [9.17, 15) is 9.59 Å². The maximum Gasteiger partial charge on any atom is 0.298 e. The number of amides is 2. The fourth-order valence-electron chi connectivity index (χ4n) is 2.60. The molecule has 1 aliphatic heterocycles. The number of hydrogen-bond donors (Lipinski definition) is 0. The molecule has 6 heteroatoms. The smallest absolute Gasteiger partial charge is 0.298 e. The topological polar surface area (TPSA) is 50.5 Å². The summed E-state index contributed by atoms with van der Waals surface area (Å²) >= 11 is 6.79. The van der Waals surface area contributed by atoms with Gasteiger partial charge in [0, 0.05) is 16.7 Å². The van der Waals surface area contributed by atoms with Gasteiger partial charge in [0.2, 0.25) is 0 Å². The number of para-hydroxylation sites is 1. The highest BCUT2D eigenvalue weighted by atomic mass is 35.5. The maximum atomic E-state index is 12.6. The Morgan fingerprint density at radius 3 is 2.38 bits per heavy atom. The first-order valence-corrected chi connectivity index (χ1v) is 9.00. The van der Waals surface area contributed by atoms with Gasteiger partial charge in [-0.25, -0.2) is 4.90 Å². The summed E-state index contributed by atoms with van der Waals surface area (Å²) in [6.45, 7) is 0. The Hall–Kier alpha value is -2.76. The van der Waals surface area contributed by atoms with Gasteiger partial charge < -0.3 is 4.42 Å². The van der Waals surface area contributed by atoms with Crippen molar-refractivity contribution in [2.45, 2.75) is 0 Å². The summed E-state index contributed by atoms with van der Waals surface area (Å²) in [4.78, 5) is 26.3. The molecule has 1 aliphatic rings. The fraction of sp³-hybridized carbons (Fsp3) is 0. The molecule has 2 amide bonds. The summed E-state index contributed by atoms with van der Waals surface area (Å²) < 4.78 is 5.78. The van der Waals surface area contributed by atoms with Gasteiger partial charge >= 0.3 is 0 Å². The summed E-state index contributed by atoms with van der Waals surface area (Å²) in [6.07, 6.45) is 1.59. The van der Waals surface area contributed by atoms with Crippen molar-refractivity contribution in [2.75, 3.05) is 4.90 Å². The number of rotatable bonds is 3. The molecule has 0 saturated carbocycles. The number of thioether (sulfide) groups is 1. The molecule has 4 rings (SSSR count). The van der Waals surface area contributed by atoms with E-state index in [2.05, 4.69) is 0 Å². The Morgan fingerprint density at radius 1 is 0.923 bits per heavy atom. The lowest BCUT2D eigenvalue weighted by atomic mass is 10.2. The van der Waals surface area contributed by atoms with Gasteiger partial charge in [0.15, 0.2) is 0 Å². The van der Waals surface area contributed by atoms with Crippen LogP contribution in [0, 0.1) is 0 Å². The third kappa shape index (κ3) is 3.19. The molecular formula is C20H12ClNO3S. The van der Waals surface area contributed by atoms with Crippen LogP contribution in [0.3, 0.4) is 0 Å². The second kappa shape index (κ2) is 6.86. The van der Waals surface area contributed by atoms with Crippen LogP contribution in [0.25, 0.3) is 17.4 Å². The van der Waals surface area contributed by atoms with Crippen LogP contribution >= 0.6 is 23.4 Å². The van der Waals surface area contributed by atoms with Crippen molar-refractivity contribution in [3.05, 3.63) is 82.4 Å². The van der Waals surface area contributed by atoms with E-state index in [1.165, 1.54) is 4.90 Å². The molecule has 0 spiro atoms. The number of nitrogens with zero attached hydrogens (tertiary/aromatic N) is 1. The Bertz CT molecular complexity index is 1010. The van der Waals surface area contributed by atoms with Gasteiger partial charge in [-0.05, 0) is 60.3 Å². The van der Waals surface area contributed by atoms with Gasteiger partial charge in [-0.1, -0.05) is 29.8 Å². The van der Waals surface area contributed by atoms with Crippen molar-refractivity contribution in [3.63, 3.8) is 0 Å². The van der Waals surface area contributed by atoms with Crippen LogP contribution in [0.1, 0.15) is 5.76 Å². The quantitative estimate of drug-likeness (QED) is 0.535. The van der Waals surface area contributed by atoms with E-state index in [0.29, 0.717) is 27.1 Å². The molecule has 2 aromatic carbocycles. The minimum absolute atomic E-state index is 0.322. The van der Waals surface area contributed by atoms with Gasteiger partial charge in [-0.2, -0.15) is 0 Å². The number of anilines is 1. The molecule has 3 aromatic rings. The lowest BCUT2D eigenvalue weighted by Crippen LogP contribution is -2.27. The summed E-state index contributed by atoms with van der Waals surface area (Å²) in [5.74, 6) is 0.819. The van der Waals surface area contributed by atoms with Crippen molar-refractivity contribution in [2.24, 2.45) is 0 Å². The lowest BCUT2D eigenvalue weighted by molar-refractivity contribution is -0.113. The first-order valence-electron chi connectivity index (χ1n) is 7.80. The van der Waals surface area contributed by atoms with E-state index < -0.39 is 0 Å². The normalized spacial score (nSPS) is 15.9. The highest BCUT2D eigenvalue weighted by molar-refractivity contribution is 8.19. The minimum atomic E-state index is -0.351. The molecule has 26 heavy (non-hydrogen) atoms. The summed E-state index contributed by atoms with van der Waals surface area (Å²) in [6, 6.07) is 19.7. The second-order valence-corrected chi connectivity index (χ2v) is 6.99. The van der Waals surface area contributed by atoms with E-state index in [-0.39, 0.29) is 11.1 Å². The van der Waals surface area contributed by atoms with Crippen molar-refractivity contribution < 1.29 is 14.0 Å². The molecule has 128 valence electrons. The van der Waals surface area contributed by atoms with Gasteiger partial charge in [-0.3, -0.25) is 9.59 Å². The van der Waals surface area contributed by atoms with Crippen molar-refractivity contribution in [3.8, 4) is 11.3 Å². The molecule has 4 nitrogen and oxygen atoms in total. The Labute approximate surface area is 159 Å². The summed E-state index contributed by atoms with van der Waals surface area (Å²) in [7, 11) is 0. The molecule has 0 radical (unpaired) electrons. The van der Waals surface area contributed by atoms with Crippen LogP contribution in [-0.2, 0) is 4.79 Å². The first kappa shape index (κ1) is 16.7. The lowest BCUT2D eigenvalue weighted by Gasteiger charge is -2.11. The summed E-state index contributed by atoms with van der Waals surface area (Å²) in [5.41, 5.74) is 1.44. The number of benzene rings is 2. The molecule has 2 heterocycles. The Kier molecular flexibility index (Phi) is 4.41. The Morgan fingerprint density at radius 2 is 1.65 bits per heavy atom. The summed E-state index contributed by atoms with van der Waals surface area (Å²) in [5, 5.41) is 0.326. The monoisotopic (exact) mass is 381 g/mol. The third-order valence-corrected chi connectivity index (χ3v) is 4.96. The van der Waals surface area contributed by atoms with E-state index in [4.69, 9.17) is 16.0 Å². The van der Waals surface area contributed by atoms with Crippen molar-refractivity contribution in [1.29, 1.82) is 0 Å². The van der Waals surface area contributed by atoms with E-state index in [0.717, 1.165) is 17.3 Å². The fourth-order valence-corrected chi connectivity index (χ4v) is 3.54. The third-order valence-electron chi connectivity index (χ3n) is 3.84. The van der Waals surface area contributed by atoms with Gasteiger partial charge in [0.25, 0.3) is 11.1 Å². The zero-order valence-corrected chi connectivity index (χ0v) is 15.0. The molecule has 0 N–H and O–H groups in total. The van der Waals surface area contributed by atoms with Gasteiger partial charge in [0.05, 0.1) is 10.6 Å². The molecule has 1 saturated heterocycles. The Balaban J connectivity index is 1.60. The largest absolute Gasteiger partial charge is 0.457 e. The highest BCUT2D eigenvalue weighted by Crippen LogP contribution is 2.36. The molecule has 0 bridgehead atoms. The molecule has 0 aliphatic carbocycles. The zero-order chi connectivity index (χ0) is 18.1. The van der Waals surface area contributed by atoms with Crippen LogP contribution in [0.4, 0.5) is 10.5 Å². The highest BCUT2D eigenvalue weighted by Gasteiger charge is 2.36. The molecule has 0 atom stereocenters. The average Bonchev–Trinajstić information content (AvgIpc) is 3.21. The predicted molar refractivity (Wildman–Crippen MR) is 104 cm³/mol. The average molecular weight is 382 g/mol. The zero-order valence-electron chi connectivity index (χ0n) is 13.4. The van der Waals surface area contributed by atoms with Crippen LogP contribution in [-0.4, -0.2) is 11.1 Å². The second-order valence-electron chi connectivity index (χ2n) is 5.56. The van der Waals surface area contributed by atoms with E-state index >= 15 is 0 Å². The van der Waals surface area contributed by atoms with Crippen LogP contribution in [0.2, 0.25) is 5.02 Å². The van der Waals surface area contributed by atoms with Gasteiger partial charge in [-0.15, -0.1) is 0 Å². The minimum Gasteiger partial charge on any atom is -0.457 e. The molecule has 0 unspecified atom stereocenters. The number of imide groups is 1. The van der Waals surface area contributed by atoms with Gasteiger partial charge in [0.1, 0.15) is 11.5 Å². The van der Waals surface area contributed by atoms with Crippen molar-refractivity contribution in [1.82, 2.24) is 0 Å². The van der Waals surface area contributed by atoms with E-state index in [1.54, 1.807) is 48.5 Å². The molecule has 1 fully saturated rings.